The number of rotatable bonds is 6. The molecule has 1 fully saturated rings. The van der Waals surface area contributed by atoms with E-state index in [4.69, 9.17) is 0 Å². The lowest BCUT2D eigenvalue weighted by atomic mass is 10.0. The molecule has 0 saturated carbocycles. The van der Waals surface area contributed by atoms with Crippen LogP contribution in [0.25, 0.3) is 0 Å². The Labute approximate surface area is 163 Å². The molecule has 144 valence electrons. The summed E-state index contributed by atoms with van der Waals surface area (Å²) >= 11 is 2.01. The molecule has 6 nitrogen and oxygen atoms in total. The molecule has 2 aromatic rings. The zero-order valence-corrected chi connectivity index (χ0v) is 16.2. The molecule has 1 aromatic carbocycles. The number of nitrogens with one attached hydrogen (secondary N) is 1. The van der Waals surface area contributed by atoms with Gasteiger partial charge in [-0.1, -0.05) is 30.3 Å². The highest BCUT2D eigenvalue weighted by Gasteiger charge is 2.32. The van der Waals surface area contributed by atoms with Crippen molar-refractivity contribution in [1.29, 1.82) is 0 Å². The number of nitrogens with zero attached hydrogens (tertiary/aromatic N) is 3. The molecule has 1 amide bonds. The summed E-state index contributed by atoms with van der Waals surface area (Å²) in [5.74, 6) is 2.27. The standard InChI is InChI=1S/C20H26N4O2S/c25-10-9-24-18-6-8-23(16-7-11-27-14-16)13-17(18)19(22-24)20(26)21-12-15-4-2-1-3-5-15/h1-5,16,25H,6-14H2,(H,21,26). The number of hydrogen-bond donors (Lipinski definition) is 2. The molecule has 0 radical (unpaired) electrons. The first kappa shape index (κ1) is 18.5. The van der Waals surface area contributed by atoms with Crippen molar-refractivity contribution in [2.75, 3.05) is 24.7 Å². The average molecular weight is 387 g/mol. The van der Waals surface area contributed by atoms with Crippen molar-refractivity contribution in [2.45, 2.75) is 38.5 Å². The fourth-order valence-electron chi connectivity index (χ4n) is 3.96. The van der Waals surface area contributed by atoms with Gasteiger partial charge in [-0.2, -0.15) is 16.9 Å². The lowest BCUT2D eigenvalue weighted by Crippen LogP contribution is -2.40. The molecule has 27 heavy (non-hydrogen) atoms. The molecule has 4 rings (SSSR count). The maximum Gasteiger partial charge on any atom is 0.272 e. The monoisotopic (exact) mass is 386 g/mol. The fourth-order valence-corrected chi connectivity index (χ4v) is 5.21. The average Bonchev–Trinajstić information content (AvgIpc) is 3.35. The van der Waals surface area contributed by atoms with Crippen LogP contribution in [0.5, 0.6) is 0 Å². The van der Waals surface area contributed by atoms with E-state index in [0.717, 1.165) is 36.3 Å². The Bertz CT molecular complexity index is 787. The van der Waals surface area contributed by atoms with E-state index in [-0.39, 0.29) is 12.5 Å². The summed E-state index contributed by atoms with van der Waals surface area (Å²) in [6.07, 6.45) is 2.11. The largest absolute Gasteiger partial charge is 0.394 e. The van der Waals surface area contributed by atoms with Gasteiger partial charge in [-0.15, -0.1) is 0 Å². The third kappa shape index (κ3) is 4.05. The number of aliphatic hydroxyl groups excluding tert-OH is 1. The minimum Gasteiger partial charge on any atom is -0.394 e. The van der Waals surface area contributed by atoms with Crippen LogP contribution in [0.3, 0.4) is 0 Å². The Morgan fingerprint density at radius 3 is 2.93 bits per heavy atom. The molecule has 2 aliphatic rings. The molecule has 0 bridgehead atoms. The first-order valence-electron chi connectivity index (χ1n) is 9.59. The lowest BCUT2D eigenvalue weighted by molar-refractivity contribution is 0.0941. The Kier molecular flexibility index (Phi) is 5.80. The first-order valence-corrected chi connectivity index (χ1v) is 10.7. The van der Waals surface area contributed by atoms with E-state index >= 15 is 0 Å². The molecule has 1 unspecified atom stereocenters. The Morgan fingerprint density at radius 2 is 2.19 bits per heavy atom. The number of aliphatic hydroxyl groups is 1. The topological polar surface area (TPSA) is 70.4 Å². The number of carbonyl (C=O) groups is 1. The van der Waals surface area contributed by atoms with Gasteiger partial charge in [0.15, 0.2) is 5.69 Å². The molecule has 7 heteroatoms. The molecule has 1 saturated heterocycles. The lowest BCUT2D eigenvalue weighted by Gasteiger charge is -2.32. The van der Waals surface area contributed by atoms with Crippen LogP contribution in [0.2, 0.25) is 0 Å². The third-order valence-electron chi connectivity index (χ3n) is 5.41. The van der Waals surface area contributed by atoms with Crippen LogP contribution < -0.4 is 5.32 Å². The summed E-state index contributed by atoms with van der Waals surface area (Å²) in [5.41, 5.74) is 3.73. The van der Waals surface area contributed by atoms with Crippen molar-refractivity contribution in [2.24, 2.45) is 0 Å². The molecular formula is C20H26N4O2S. The van der Waals surface area contributed by atoms with Crippen LogP contribution >= 0.6 is 11.8 Å². The summed E-state index contributed by atoms with van der Waals surface area (Å²) in [7, 11) is 0. The van der Waals surface area contributed by atoms with Gasteiger partial charge in [0.1, 0.15) is 0 Å². The van der Waals surface area contributed by atoms with Crippen LogP contribution in [0.1, 0.15) is 33.7 Å². The van der Waals surface area contributed by atoms with Crippen molar-refractivity contribution in [3.05, 3.63) is 52.8 Å². The summed E-state index contributed by atoms with van der Waals surface area (Å²) in [6.45, 7) is 2.74. The van der Waals surface area contributed by atoms with Gasteiger partial charge in [-0.25, -0.2) is 0 Å². The summed E-state index contributed by atoms with van der Waals surface area (Å²) in [4.78, 5) is 15.4. The molecule has 1 aromatic heterocycles. The SMILES string of the molecule is O=C(NCc1ccccc1)c1nn(CCO)c2c1CN(C1CCSC1)CC2. The van der Waals surface area contributed by atoms with E-state index in [9.17, 15) is 9.90 Å². The quantitative estimate of drug-likeness (QED) is 0.790. The number of aromatic nitrogens is 2. The highest BCUT2D eigenvalue weighted by atomic mass is 32.2. The highest BCUT2D eigenvalue weighted by Crippen LogP contribution is 2.29. The smallest absolute Gasteiger partial charge is 0.272 e. The predicted molar refractivity (Wildman–Crippen MR) is 107 cm³/mol. The van der Waals surface area contributed by atoms with Crippen molar-refractivity contribution < 1.29 is 9.90 Å². The number of fused-ring (bicyclic) bond motifs is 1. The van der Waals surface area contributed by atoms with Crippen LogP contribution in [-0.4, -0.2) is 56.4 Å². The van der Waals surface area contributed by atoms with E-state index in [1.165, 1.54) is 17.9 Å². The van der Waals surface area contributed by atoms with Crippen molar-refractivity contribution in [1.82, 2.24) is 20.0 Å². The highest BCUT2D eigenvalue weighted by molar-refractivity contribution is 7.99. The Hall–Kier alpha value is -1.83. The van der Waals surface area contributed by atoms with Gasteiger partial charge in [-0.3, -0.25) is 14.4 Å². The van der Waals surface area contributed by atoms with Gasteiger partial charge in [0.2, 0.25) is 0 Å². The predicted octanol–water partition coefficient (Wildman–Crippen LogP) is 1.67. The molecule has 2 aliphatic heterocycles. The van der Waals surface area contributed by atoms with Crippen LogP contribution in [0.15, 0.2) is 30.3 Å². The fraction of sp³-hybridized carbons (Fsp3) is 0.500. The summed E-state index contributed by atoms with van der Waals surface area (Å²) in [5, 5.41) is 16.9. The maximum atomic E-state index is 12.9. The molecule has 0 spiro atoms. The number of amides is 1. The zero-order chi connectivity index (χ0) is 18.6. The number of hydrogen-bond acceptors (Lipinski definition) is 5. The molecule has 2 N–H and O–H groups in total. The Balaban J connectivity index is 1.53. The van der Waals surface area contributed by atoms with Crippen molar-refractivity contribution in [3.63, 3.8) is 0 Å². The van der Waals surface area contributed by atoms with E-state index in [1.54, 1.807) is 0 Å². The van der Waals surface area contributed by atoms with Crippen molar-refractivity contribution in [3.8, 4) is 0 Å². The van der Waals surface area contributed by atoms with Gasteiger partial charge in [0.25, 0.3) is 5.91 Å². The third-order valence-corrected chi connectivity index (χ3v) is 6.55. The van der Waals surface area contributed by atoms with E-state index in [1.807, 2.05) is 46.8 Å². The molecule has 0 aliphatic carbocycles. The molecule has 1 atom stereocenters. The summed E-state index contributed by atoms with van der Waals surface area (Å²) < 4.78 is 1.83. The second-order valence-electron chi connectivity index (χ2n) is 7.13. The molecule has 3 heterocycles. The van der Waals surface area contributed by atoms with Crippen molar-refractivity contribution >= 4 is 17.7 Å². The normalized spacial score (nSPS) is 19.8. The Morgan fingerprint density at radius 1 is 1.33 bits per heavy atom. The van der Waals surface area contributed by atoms with Gasteiger partial charge in [0, 0.05) is 49.1 Å². The minimum atomic E-state index is -0.130. The van der Waals surface area contributed by atoms with E-state index < -0.39 is 0 Å². The first-order chi connectivity index (χ1) is 13.3. The van der Waals surface area contributed by atoms with Crippen LogP contribution in [0.4, 0.5) is 0 Å². The van der Waals surface area contributed by atoms with Gasteiger partial charge in [-0.05, 0) is 17.7 Å². The molecular weight excluding hydrogens is 360 g/mol. The number of carbonyl (C=O) groups excluding carboxylic acids is 1. The van der Waals surface area contributed by atoms with E-state index in [2.05, 4.69) is 15.3 Å². The van der Waals surface area contributed by atoms with Crippen LogP contribution in [0, 0.1) is 0 Å². The van der Waals surface area contributed by atoms with E-state index in [0.29, 0.717) is 24.8 Å². The van der Waals surface area contributed by atoms with Gasteiger partial charge in [0.05, 0.1) is 13.2 Å². The second kappa shape index (κ2) is 8.46. The van der Waals surface area contributed by atoms with Gasteiger partial charge >= 0.3 is 0 Å². The zero-order valence-electron chi connectivity index (χ0n) is 15.4. The number of benzene rings is 1. The maximum absolute atomic E-state index is 12.9. The summed E-state index contributed by atoms with van der Waals surface area (Å²) in [6, 6.07) is 10.5. The minimum absolute atomic E-state index is 0.0299. The second-order valence-corrected chi connectivity index (χ2v) is 8.28. The van der Waals surface area contributed by atoms with Gasteiger partial charge < -0.3 is 10.4 Å². The number of thioether (sulfide) groups is 1. The van der Waals surface area contributed by atoms with Crippen LogP contribution in [-0.2, 0) is 26.1 Å².